The number of aryl methyl sites for hydroxylation is 1. The van der Waals surface area contributed by atoms with E-state index in [1.807, 2.05) is 54.2 Å². The first kappa shape index (κ1) is 15.0. The van der Waals surface area contributed by atoms with Gasteiger partial charge in [-0.05, 0) is 60.7 Å². The quantitative estimate of drug-likeness (QED) is 0.445. The van der Waals surface area contributed by atoms with E-state index >= 15 is 0 Å². The summed E-state index contributed by atoms with van der Waals surface area (Å²) >= 11 is 0. The molecule has 0 bridgehead atoms. The summed E-state index contributed by atoms with van der Waals surface area (Å²) in [7, 11) is 1.93. The van der Waals surface area contributed by atoms with Crippen LogP contribution in [0, 0.1) is 0 Å². The van der Waals surface area contributed by atoms with Crippen molar-refractivity contribution in [1.82, 2.24) is 4.98 Å². The molecule has 122 valence electrons. The van der Waals surface area contributed by atoms with Crippen molar-refractivity contribution < 1.29 is 14.1 Å². The average Bonchev–Trinajstić information content (AvgIpc) is 3.07. The smallest absolute Gasteiger partial charge is 0.370 e. The summed E-state index contributed by atoms with van der Waals surface area (Å²) in [4.78, 5) is 4.53. The number of nitrogens with zero attached hydrogens (tertiary/aromatic N) is 4. The maximum atomic E-state index is 9.26. The molecule has 0 spiro atoms. The van der Waals surface area contributed by atoms with E-state index in [1.165, 1.54) is 0 Å². The van der Waals surface area contributed by atoms with Gasteiger partial charge >= 0.3 is 11.5 Å². The molecule has 0 aliphatic heterocycles. The summed E-state index contributed by atoms with van der Waals surface area (Å²) in [5.74, 6) is 0.772. The van der Waals surface area contributed by atoms with E-state index < -0.39 is 0 Å². The number of pyridine rings is 1. The molecule has 2 aromatic heterocycles. The van der Waals surface area contributed by atoms with Crippen LogP contribution in [-0.2, 0) is 7.05 Å². The second-order valence-corrected chi connectivity index (χ2v) is 5.59. The highest BCUT2D eigenvalue weighted by Crippen LogP contribution is 2.26. The van der Waals surface area contributed by atoms with E-state index in [-0.39, 0.29) is 5.75 Å². The molecule has 25 heavy (non-hydrogen) atoms. The van der Waals surface area contributed by atoms with Gasteiger partial charge in [0, 0.05) is 4.98 Å². The Balaban J connectivity index is 1.58. The molecule has 4 rings (SSSR count). The Morgan fingerprint density at radius 3 is 2.20 bits per heavy atom. The first-order valence-electron chi connectivity index (χ1n) is 7.75. The molecule has 0 atom stereocenters. The van der Waals surface area contributed by atoms with Gasteiger partial charge in [-0.15, -0.1) is 0 Å². The molecule has 4 aromatic rings. The fourth-order valence-electron chi connectivity index (χ4n) is 2.44. The number of oxazole rings is 1. The summed E-state index contributed by atoms with van der Waals surface area (Å²) in [5.41, 5.74) is 3.82. The number of aromatic nitrogens is 2. The third-order valence-corrected chi connectivity index (χ3v) is 3.77. The Bertz CT molecular complexity index is 1050. The molecule has 6 heteroatoms. The minimum Gasteiger partial charge on any atom is -0.508 e. The number of hydrogen-bond acceptors (Lipinski definition) is 5. The van der Waals surface area contributed by atoms with Gasteiger partial charge < -0.3 is 9.52 Å². The summed E-state index contributed by atoms with van der Waals surface area (Å²) in [6.07, 6.45) is 1.93. The monoisotopic (exact) mass is 331 g/mol. The van der Waals surface area contributed by atoms with Crippen LogP contribution in [0.2, 0.25) is 0 Å². The Labute approximate surface area is 143 Å². The van der Waals surface area contributed by atoms with Gasteiger partial charge in [-0.2, -0.15) is 10.2 Å². The SMILES string of the molecule is C[n+]1cccc2oc(-c3ccc(N=Nc4ccc(O)cc4)cc3)nc21. The normalized spacial score (nSPS) is 11.4. The largest absolute Gasteiger partial charge is 0.508 e. The standard InChI is InChI=1S/C19H14N4O2/c1-23-12-2-3-17-18(23)20-19(25-17)13-4-6-14(7-5-13)21-22-15-8-10-16(24)11-9-15/h2-12H,1H3/p+1. The van der Waals surface area contributed by atoms with Crippen molar-refractivity contribution in [2.75, 3.05) is 0 Å². The highest BCUT2D eigenvalue weighted by molar-refractivity contribution is 5.69. The van der Waals surface area contributed by atoms with Gasteiger partial charge in [0.2, 0.25) is 5.58 Å². The van der Waals surface area contributed by atoms with Gasteiger partial charge in [0.05, 0.1) is 30.2 Å². The molecule has 0 aliphatic carbocycles. The van der Waals surface area contributed by atoms with Gasteiger partial charge in [-0.25, -0.2) is 4.57 Å². The molecular formula is C19H15N4O2+. The number of rotatable bonds is 3. The number of benzene rings is 2. The molecule has 0 saturated heterocycles. The average molecular weight is 331 g/mol. The van der Waals surface area contributed by atoms with Gasteiger partial charge in [0.1, 0.15) is 5.75 Å². The number of aromatic hydroxyl groups is 1. The van der Waals surface area contributed by atoms with Crippen LogP contribution < -0.4 is 4.57 Å². The van der Waals surface area contributed by atoms with Gasteiger partial charge in [-0.3, -0.25) is 0 Å². The minimum atomic E-state index is 0.204. The van der Waals surface area contributed by atoms with Gasteiger partial charge in [0.25, 0.3) is 0 Å². The number of phenols is 1. The van der Waals surface area contributed by atoms with Crippen molar-refractivity contribution >= 4 is 22.6 Å². The Kier molecular flexibility index (Phi) is 3.70. The third kappa shape index (κ3) is 3.10. The summed E-state index contributed by atoms with van der Waals surface area (Å²) < 4.78 is 7.72. The van der Waals surface area contributed by atoms with Gasteiger partial charge in [-0.1, -0.05) is 0 Å². The molecule has 0 fully saturated rings. The Hall–Kier alpha value is -3.54. The van der Waals surface area contributed by atoms with E-state index in [0.29, 0.717) is 11.6 Å². The predicted molar refractivity (Wildman–Crippen MR) is 92.9 cm³/mol. The van der Waals surface area contributed by atoms with E-state index in [2.05, 4.69) is 15.2 Å². The molecule has 0 amide bonds. The zero-order valence-electron chi connectivity index (χ0n) is 13.5. The molecule has 0 saturated carbocycles. The van der Waals surface area contributed by atoms with E-state index in [9.17, 15) is 5.11 Å². The van der Waals surface area contributed by atoms with E-state index in [0.717, 1.165) is 22.5 Å². The predicted octanol–water partition coefficient (Wildman–Crippen LogP) is 4.44. The lowest BCUT2D eigenvalue weighted by atomic mass is 10.2. The van der Waals surface area contributed by atoms with Crippen molar-refractivity contribution in [3.63, 3.8) is 0 Å². The number of azo groups is 1. The van der Waals surface area contributed by atoms with Crippen LogP contribution in [0.25, 0.3) is 22.7 Å². The second-order valence-electron chi connectivity index (χ2n) is 5.59. The molecule has 0 aliphatic rings. The second kappa shape index (κ2) is 6.16. The topological polar surface area (TPSA) is 74.9 Å². The zero-order chi connectivity index (χ0) is 17.2. The first-order valence-corrected chi connectivity index (χ1v) is 7.75. The fourth-order valence-corrected chi connectivity index (χ4v) is 2.44. The molecule has 1 N–H and O–H groups in total. The number of phenolic OH excluding ortho intramolecular Hbond substituents is 1. The lowest BCUT2D eigenvalue weighted by molar-refractivity contribution is -0.646. The molecule has 0 unspecified atom stereocenters. The van der Waals surface area contributed by atoms with Crippen LogP contribution in [0.1, 0.15) is 0 Å². The van der Waals surface area contributed by atoms with Crippen molar-refractivity contribution in [3.05, 3.63) is 66.9 Å². The van der Waals surface area contributed by atoms with E-state index in [1.54, 1.807) is 24.3 Å². The van der Waals surface area contributed by atoms with Crippen LogP contribution in [0.4, 0.5) is 11.4 Å². The Morgan fingerprint density at radius 1 is 0.920 bits per heavy atom. The van der Waals surface area contributed by atoms with Crippen molar-refractivity contribution in [3.8, 4) is 17.2 Å². The molecule has 2 heterocycles. The van der Waals surface area contributed by atoms with Crippen molar-refractivity contribution in [2.45, 2.75) is 0 Å². The third-order valence-electron chi connectivity index (χ3n) is 3.77. The number of hydrogen-bond donors (Lipinski definition) is 1. The highest BCUT2D eigenvalue weighted by Gasteiger charge is 2.18. The lowest BCUT2D eigenvalue weighted by Crippen LogP contribution is -2.27. The first-order chi connectivity index (χ1) is 12.2. The van der Waals surface area contributed by atoms with Crippen LogP contribution in [0.5, 0.6) is 5.75 Å². The summed E-state index contributed by atoms with van der Waals surface area (Å²) in [5, 5.41) is 17.6. The highest BCUT2D eigenvalue weighted by atomic mass is 16.3. The zero-order valence-corrected chi connectivity index (χ0v) is 13.5. The lowest BCUT2D eigenvalue weighted by Gasteiger charge is -1.95. The molecule has 0 radical (unpaired) electrons. The maximum Gasteiger partial charge on any atom is 0.370 e. The van der Waals surface area contributed by atoms with E-state index in [4.69, 9.17) is 4.42 Å². The van der Waals surface area contributed by atoms with Crippen LogP contribution in [0.15, 0.2) is 81.5 Å². The molecular weight excluding hydrogens is 316 g/mol. The summed E-state index contributed by atoms with van der Waals surface area (Å²) in [6.45, 7) is 0. The van der Waals surface area contributed by atoms with Crippen molar-refractivity contribution in [1.29, 1.82) is 0 Å². The molecule has 2 aromatic carbocycles. The molecule has 6 nitrogen and oxygen atoms in total. The van der Waals surface area contributed by atoms with Crippen LogP contribution >= 0.6 is 0 Å². The minimum absolute atomic E-state index is 0.204. The fraction of sp³-hybridized carbons (Fsp3) is 0.0526. The Morgan fingerprint density at radius 2 is 1.56 bits per heavy atom. The van der Waals surface area contributed by atoms with Crippen molar-refractivity contribution in [2.24, 2.45) is 17.3 Å². The maximum absolute atomic E-state index is 9.26. The van der Waals surface area contributed by atoms with Crippen LogP contribution in [0.3, 0.4) is 0 Å². The number of fused-ring (bicyclic) bond motifs is 1. The van der Waals surface area contributed by atoms with Crippen LogP contribution in [-0.4, -0.2) is 10.1 Å². The summed E-state index contributed by atoms with van der Waals surface area (Å²) in [6, 6.07) is 17.9. The van der Waals surface area contributed by atoms with Gasteiger partial charge in [0.15, 0.2) is 0 Å².